The lowest BCUT2D eigenvalue weighted by atomic mass is 9.95. The molecule has 7 nitrogen and oxygen atoms in total. The van der Waals surface area contributed by atoms with Crippen molar-refractivity contribution in [3.05, 3.63) is 17.8 Å². The molecule has 126 valence electrons. The van der Waals surface area contributed by atoms with Crippen LogP contribution in [0.2, 0.25) is 0 Å². The summed E-state index contributed by atoms with van der Waals surface area (Å²) >= 11 is 0. The van der Waals surface area contributed by atoms with Crippen LogP contribution in [0.3, 0.4) is 0 Å². The summed E-state index contributed by atoms with van der Waals surface area (Å²) in [6, 6.07) is 3.73. The number of hydrogen-bond donors (Lipinski definition) is 2. The fraction of sp³-hybridized carbons (Fsp3) is 0.667. The van der Waals surface area contributed by atoms with E-state index < -0.39 is 9.84 Å². The molecule has 1 heterocycles. The molecule has 0 spiro atoms. The van der Waals surface area contributed by atoms with Crippen LogP contribution in [-0.2, 0) is 9.84 Å². The molecule has 1 aromatic rings. The van der Waals surface area contributed by atoms with Crippen molar-refractivity contribution in [3.8, 4) is 0 Å². The van der Waals surface area contributed by atoms with Gasteiger partial charge in [-0.3, -0.25) is 4.79 Å². The van der Waals surface area contributed by atoms with E-state index in [2.05, 4.69) is 20.8 Å². The van der Waals surface area contributed by atoms with Gasteiger partial charge in [0, 0.05) is 18.3 Å². The number of sulfone groups is 1. The summed E-state index contributed by atoms with van der Waals surface area (Å²) in [5.74, 6) is 0.383. The second-order valence-electron chi connectivity index (χ2n) is 6.51. The Balaban J connectivity index is 1.58. The van der Waals surface area contributed by atoms with Gasteiger partial charge in [-0.15, -0.1) is 10.2 Å². The predicted octanol–water partition coefficient (Wildman–Crippen LogP) is 1.14. The van der Waals surface area contributed by atoms with Gasteiger partial charge in [-0.25, -0.2) is 8.42 Å². The molecular weight excluding hydrogens is 316 g/mol. The van der Waals surface area contributed by atoms with Crippen molar-refractivity contribution in [2.75, 3.05) is 11.6 Å². The number of hydrogen-bond acceptors (Lipinski definition) is 6. The monoisotopic (exact) mass is 338 g/mol. The lowest BCUT2D eigenvalue weighted by molar-refractivity contribution is 0.0945. The number of amides is 1. The zero-order chi connectivity index (χ0) is 16.4. The highest BCUT2D eigenvalue weighted by Crippen LogP contribution is 2.26. The highest BCUT2D eigenvalue weighted by atomic mass is 32.2. The summed E-state index contributed by atoms with van der Waals surface area (Å²) in [5.41, 5.74) is 0.306. The van der Waals surface area contributed by atoms with Gasteiger partial charge in [0.15, 0.2) is 5.69 Å². The molecule has 2 fully saturated rings. The van der Waals surface area contributed by atoms with Crippen LogP contribution in [0.4, 0.5) is 5.82 Å². The molecule has 0 saturated heterocycles. The van der Waals surface area contributed by atoms with Crippen LogP contribution >= 0.6 is 0 Å². The van der Waals surface area contributed by atoms with Gasteiger partial charge in [-0.05, 0) is 44.2 Å². The lowest BCUT2D eigenvalue weighted by Crippen LogP contribution is -2.34. The Bertz CT molecular complexity index is 670. The van der Waals surface area contributed by atoms with Crippen LogP contribution in [0.5, 0.6) is 0 Å². The topological polar surface area (TPSA) is 101 Å². The molecule has 8 heteroatoms. The highest BCUT2D eigenvalue weighted by molar-refractivity contribution is 7.91. The summed E-state index contributed by atoms with van der Waals surface area (Å²) in [7, 11) is -3.00. The van der Waals surface area contributed by atoms with E-state index in [0.717, 1.165) is 32.1 Å². The Morgan fingerprint density at radius 2 is 1.91 bits per heavy atom. The molecular formula is C15H22N4O3S. The van der Waals surface area contributed by atoms with Crippen LogP contribution in [0.15, 0.2) is 12.1 Å². The molecule has 0 unspecified atom stereocenters. The summed E-state index contributed by atoms with van der Waals surface area (Å²) in [6.07, 6.45) is 6.47. The second-order valence-corrected chi connectivity index (χ2v) is 8.84. The average Bonchev–Trinajstić information content (AvgIpc) is 3.31. The smallest absolute Gasteiger partial charge is 0.272 e. The van der Waals surface area contributed by atoms with Crippen molar-refractivity contribution in [3.63, 3.8) is 0 Å². The molecule has 1 amide bonds. The molecule has 2 saturated carbocycles. The summed E-state index contributed by atoms with van der Waals surface area (Å²) in [5, 5.41) is 13.8. The van der Waals surface area contributed by atoms with E-state index in [0.29, 0.717) is 17.9 Å². The predicted molar refractivity (Wildman–Crippen MR) is 87.0 cm³/mol. The van der Waals surface area contributed by atoms with Gasteiger partial charge in [-0.1, -0.05) is 6.42 Å². The van der Waals surface area contributed by atoms with Gasteiger partial charge in [0.2, 0.25) is 0 Å². The van der Waals surface area contributed by atoms with Crippen LogP contribution in [-0.4, -0.2) is 48.1 Å². The van der Waals surface area contributed by atoms with E-state index in [9.17, 15) is 13.2 Å². The minimum absolute atomic E-state index is 0.0731. The lowest BCUT2D eigenvalue weighted by Gasteiger charge is -2.28. The Hall–Kier alpha value is -1.70. The molecule has 2 aliphatic carbocycles. The normalized spacial score (nSPS) is 24.9. The van der Waals surface area contributed by atoms with Gasteiger partial charge in [0.25, 0.3) is 5.91 Å². The van der Waals surface area contributed by atoms with Crippen LogP contribution in [0.25, 0.3) is 0 Å². The number of carbonyl (C=O) groups excluding carboxylic acids is 1. The summed E-state index contributed by atoms with van der Waals surface area (Å²) in [4.78, 5) is 11.8. The first-order valence-corrected chi connectivity index (χ1v) is 9.97. The van der Waals surface area contributed by atoms with Gasteiger partial charge >= 0.3 is 0 Å². The minimum atomic E-state index is -3.00. The fourth-order valence-electron chi connectivity index (χ4n) is 2.89. The molecule has 3 rings (SSSR count). The third-order valence-corrected chi connectivity index (χ3v) is 6.03. The van der Waals surface area contributed by atoms with E-state index in [1.165, 1.54) is 6.26 Å². The Labute approximate surface area is 136 Å². The van der Waals surface area contributed by atoms with Crippen molar-refractivity contribution in [2.24, 2.45) is 0 Å². The van der Waals surface area contributed by atoms with Crippen molar-refractivity contribution < 1.29 is 13.2 Å². The second kappa shape index (κ2) is 6.43. The molecule has 0 aromatic carbocycles. The maximum atomic E-state index is 11.8. The van der Waals surface area contributed by atoms with Crippen LogP contribution in [0.1, 0.15) is 49.0 Å². The standard InChI is InChI=1S/C15H22N4O3S/c1-23(21,22)12-4-2-3-11(9-12)16-14-8-7-13(18-19-14)15(20)17-10-5-6-10/h7-8,10-12H,2-6,9H2,1H3,(H,16,19)(H,17,20)/t11-,12+/m0/s1. The zero-order valence-corrected chi connectivity index (χ0v) is 14.0. The van der Waals surface area contributed by atoms with E-state index in [1.54, 1.807) is 12.1 Å². The van der Waals surface area contributed by atoms with E-state index in [4.69, 9.17) is 0 Å². The first-order chi connectivity index (χ1) is 10.9. The molecule has 0 aliphatic heterocycles. The van der Waals surface area contributed by atoms with E-state index in [1.807, 2.05) is 0 Å². The minimum Gasteiger partial charge on any atom is -0.366 e. The SMILES string of the molecule is CS(=O)(=O)[C@@H]1CCC[C@H](Nc2ccc(C(=O)NC3CC3)nn2)C1. The molecule has 0 bridgehead atoms. The molecule has 2 aliphatic rings. The number of carbonyl (C=O) groups is 1. The van der Waals surface area contributed by atoms with Gasteiger partial charge in [-0.2, -0.15) is 0 Å². The summed E-state index contributed by atoms with van der Waals surface area (Å²) < 4.78 is 23.4. The average molecular weight is 338 g/mol. The molecule has 1 aromatic heterocycles. The molecule has 0 radical (unpaired) electrons. The molecule has 2 N–H and O–H groups in total. The van der Waals surface area contributed by atoms with Crippen molar-refractivity contribution in [1.29, 1.82) is 0 Å². The van der Waals surface area contributed by atoms with Gasteiger partial charge < -0.3 is 10.6 Å². The third-order valence-electron chi connectivity index (χ3n) is 4.39. The number of aromatic nitrogens is 2. The van der Waals surface area contributed by atoms with Crippen LogP contribution in [0, 0.1) is 0 Å². The molecule has 23 heavy (non-hydrogen) atoms. The van der Waals surface area contributed by atoms with Crippen LogP contribution < -0.4 is 10.6 Å². The third kappa shape index (κ3) is 4.40. The number of anilines is 1. The van der Waals surface area contributed by atoms with Crippen molar-refractivity contribution in [1.82, 2.24) is 15.5 Å². The Kier molecular flexibility index (Phi) is 4.52. The highest BCUT2D eigenvalue weighted by Gasteiger charge is 2.29. The van der Waals surface area contributed by atoms with Crippen molar-refractivity contribution >= 4 is 21.6 Å². The van der Waals surface area contributed by atoms with E-state index >= 15 is 0 Å². The fourth-order valence-corrected chi connectivity index (χ4v) is 4.07. The van der Waals surface area contributed by atoms with E-state index in [-0.39, 0.29) is 23.2 Å². The van der Waals surface area contributed by atoms with Crippen molar-refractivity contribution in [2.45, 2.75) is 55.9 Å². The van der Waals surface area contributed by atoms with Gasteiger partial charge in [0.1, 0.15) is 15.7 Å². The maximum absolute atomic E-state index is 11.8. The Morgan fingerprint density at radius 1 is 1.13 bits per heavy atom. The van der Waals surface area contributed by atoms with Gasteiger partial charge in [0.05, 0.1) is 5.25 Å². The summed E-state index contributed by atoms with van der Waals surface area (Å²) in [6.45, 7) is 0. The first-order valence-electron chi connectivity index (χ1n) is 8.02. The number of rotatable bonds is 5. The molecule has 2 atom stereocenters. The number of nitrogens with zero attached hydrogens (tertiary/aromatic N) is 2. The maximum Gasteiger partial charge on any atom is 0.272 e. The quantitative estimate of drug-likeness (QED) is 0.835. The largest absolute Gasteiger partial charge is 0.366 e. The zero-order valence-electron chi connectivity index (χ0n) is 13.2. The number of nitrogens with one attached hydrogen (secondary N) is 2. The Morgan fingerprint density at radius 3 is 2.52 bits per heavy atom. The first kappa shape index (κ1) is 16.2.